The average Bonchev–Trinajstić information content (AvgIpc) is 3.13. The second-order valence-corrected chi connectivity index (χ2v) is 5.40. The predicted octanol–water partition coefficient (Wildman–Crippen LogP) is 1.97. The SMILES string of the molecule is Cc1c(C2(C#N)CC2)ccc(N2CCOC2=O)c1CN. The van der Waals surface area contributed by atoms with Crippen molar-refractivity contribution in [2.75, 3.05) is 18.1 Å². The van der Waals surface area contributed by atoms with Crippen LogP contribution in [-0.2, 0) is 16.7 Å². The first-order valence-corrected chi connectivity index (χ1v) is 6.81. The number of hydrogen-bond donors (Lipinski definition) is 1. The minimum atomic E-state index is -0.335. The standard InChI is InChI=1S/C15H17N3O2/c1-10-11(8-16)13(18-6-7-20-14(18)19)3-2-12(10)15(9-17)4-5-15/h2-3H,4-8,16H2,1H3. The fourth-order valence-corrected chi connectivity index (χ4v) is 2.95. The number of carbonyl (C=O) groups is 1. The molecule has 1 aliphatic heterocycles. The molecule has 104 valence electrons. The highest BCUT2D eigenvalue weighted by Crippen LogP contribution is 2.49. The molecule has 0 unspecified atom stereocenters. The third-order valence-electron chi connectivity index (χ3n) is 4.31. The normalized spacial score (nSPS) is 19.6. The Morgan fingerprint density at radius 1 is 1.50 bits per heavy atom. The summed E-state index contributed by atoms with van der Waals surface area (Å²) < 4.78 is 4.98. The van der Waals surface area contributed by atoms with Crippen LogP contribution in [0.1, 0.15) is 29.5 Å². The quantitative estimate of drug-likeness (QED) is 0.911. The maximum absolute atomic E-state index is 11.7. The van der Waals surface area contributed by atoms with E-state index in [1.54, 1.807) is 4.90 Å². The molecule has 1 aromatic rings. The molecule has 0 bridgehead atoms. The maximum atomic E-state index is 11.7. The Balaban J connectivity index is 2.08. The summed E-state index contributed by atoms with van der Waals surface area (Å²) in [6.45, 7) is 3.29. The molecule has 0 spiro atoms. The summed E-state index contributed by atoms with van der Waals surface area (Å²) in [5.41, 5.74) is 9.37. The maximum Gasteiger partial charge on any atom is 0.414 e. The summed E-state index contributed by atoms with van der Waals surface area (Å²) in [4.78, 5) is 13.3. The van der Waals surface area contributed by atoms with E-state index in [4.69, 9.17) is 10.5 Å². The highest BCUT2D eigenvalue weighted by atomic mass is 16.6. The lowest BCUT2D eigenvalue weighted by Gasteiger charge is -2.22. The van der Waals surface area contributed by atoms with Crippen molar-refractivity contribution in [1.82, 2.24) is 0 Å². The third-order valence-corrected chi connectivity index (χ3v) is 4.31. The number of rotatable bonds is 3. The van der Waals surface area contributed by atoms with Gasteiger partial charge < -0.3 is 10.5 Å². The Bertz CT molecular complexity index is 614. The number of cyclic esters (lactones) is 1. The van der Waals surface area contributed by atoms with Crippen molar-refractivity contribution in [1.29, 1.82) is 5.26 Å². The minimum absolute atomic E-state index is 0.326. The predicted molar refractivity (Wildman–Crippen MR) is 74.3 cm³/mol. The van der Waals surface area contributed by atoms with Crippen LogP contribution in [-0.4, -0.2) is 19.2 Å². The molecule has 2 fully saturated rings. The van der Waals surface area contributed by atoms with Gasteiger partial charge in [-0.05, 0) is 42.5 Å². The van der Waals surface area contributed by atoms with Gasteiger partial charge in [-0.15, -0.1) is 0 Å². The van der Waals surface area contributed by atoms with Crippen molar-refractivity contribution in [3.63, 3.8) is 0 Å². The van der Waals surface area contributed by atoms with Crippen LogP contribution in [0.2, 0.25) is 0 Å². The summed E-state index contributed by atoms with van der Waals surface area (Å²) in [7, 11) is 0. The van der Waals surface area contributed by atoms with Crippen LogP contribution >= 0.6 is 0 Å². The molecule has 2 N–H and O–H groups in total. The molecular formula is C15H17N3O2. The molecule has 20 heavy (non-hydrogen) atoms. The van der Waals surface area contributed by atoms with E-state index >= 15 is 0 Å². The van der Waals surface area contributed by atoms with Crippen LogP contribution in [0.25, 0.3) is 0 Å². The first-order chi connectivity index (χ1) is 9.63. The van der Waals surface area contributed by atoms with Crippen molar-refractivity contribution >= 4 is 11.8 Å². The Morgan fingerprint density at radius 3 is 2.75 bits per heavy atom. The van der Waals surface area contributed by atoms with Crippen LogP contribution in [0.4, 0.5) is 10.5 Å². The molecular weight excluding hydrogens is 254 g/mol. The van der Waals surface area contributed by atoms with Gasteiger partial charge >= 0.3 is 6.09 Å². The van der Waals surface area contributed by atoms with Gasteiger partial charge in [0, 0.05) is 6.54 Å². The largest absolute Gasteiger partial charge is 0.447 e. The van der Waals surface area contributed by atoms with Crippen molar-refractivity contribution in [2.45, 2.75) is 31.7 Å². The summed E-state index contributed by atoms with van der Waals surface area (Å²) in [6, 6.07) is 6.27. The molecule has 5 heteroatoms. The van der Waals surface area contributed by atoms with Gasteiger partial charge in [0.2, 0.25) is 0 Å². The molecule has 0 radical (unpaired) electrons. The molecule has 2 aliphatic rings. The first-order valence-electron chi connectivity index (χ1n) is 6.81. The molecule has 0 atom stereocenters. The molecule has 1 amide bonds. The van der Waals surface area contributed by atoms with Crippen LogP contribution < -0.4 is 10.6 Å². The van der Waals surface area contributed by atoms with Crippen LogP contribution in [0, 0.1) is 18.3 Å². The Morgan fingerprint density at radius 2 is 2.25 bits per heavy atom. The van der Waals surface area contributed by atoms with E-state index in [-0.39, 0.29) is 11.5 Å². The molecule has 3 rings (SSSR count). The molecule has 1 aromatic carbocycles. The van der Waals surface area contributed by atoms with E-state index in [9.17, 15) is 10.1 Å². The van der Waals surface area contributed by atoms with E-state index in [1.165, 1.54) is 0 Å². The fraction of sp³-hybridized carbons (Fsp3) is 0.467. The number of ether oxygens (including phenoxy) is 1. The smallest absolute Gasteiger partial charge is 0.414 e. The van der Waals surface area contributed by atoms with Gasteiger partial charge in [-0.1, -0.05) is 6.07 Å². The molecule has 1 saturated heterocycles. The highest BCUT2D eigenvalue weighted by molar-refractivity contribution is 5.90. The monoisotopic (exact) mass is 271 g/mol. The van der Waals surface area contributed by atoms with Crippen molar-refractivity contribution in [3.05, 3.63) is 28.8 Å². The average molecular weight is 271 g/mol. The highest BCUT2D eigenvalue weighted by Gasteiger charge is 2.46. The zero-order valence-corrected chi connectivity index (χ0v) is 11.5. The number of anilines is 1. The van der Waals surface area contributed by atoms with Crippen molar-refractivity contribution in [3.8, 4) is 6.07 Å². The summed E-state index contributed by atoms with van der Waals surface area (Å²) in [6.07, 6.45) is 1.48. The van der Waals surface area contributed by atoms with E-state index in [0.717, 1.165) is 35.2 Å². The molecule has 0 aromatic heterocycles. The number of nitrogens with zero attached hydrogens (tertiary/aromatic N) is 2. The Kier molecular flexibility index (Phi) is 2.91. The number of hydrogen-bond acceptors (Lipinski definition) is 4. The summed E-state index contributed by atoms with van der Waals surface area (Å²) >= 11 is 0. The molecule has 5 nitrogen and oxygen atoms in total. The van der Waals surface area contributed by atoms with Crippen LogP contribution in [0.3, 0.4) is 0 Å². The molecule has 1 heterocycles. The number of nitrogens with two attached hydrogens (primary N) is 1. The zero-order chi connectivity index (χ0) is 14.3. The third kappa shape index (κ3) is 1.76. The minimum Gasteiger partial charge on any atom is -0.447 e. The Labute approximate surface area is 117 Å². The lowest BCUT2D eigenvalue weighted by molar-refractivity contribution is 0.181. The van der Waals surface area contributed by atoms with Gasteiger partial charge in [0.05, 0.1) is 23.7 Å². The van der Waals surface area contributed by atoms with Gasteiger partial charge in [0.25, 0.3) is 0 Å². The van der Waals surface area contributed by atoms with Gasteiger partial charge in [0.1, 0.15) is 6.61 Å². The van der Waals surface area contributed by atoms with Crippen LogP contribution in [0.15, 0.2) is 12.1 Å². The lowest BCUT2D eigenvalue weighted by atomic mass is 9.89. The van der Waals surface area contributed by atoms with Crippen molar-refractivity contribution < 1.29 is 9.53 Å². The molecule has 1 saturated carbocycles. The number of benzene rings is 1. The van der Waals surface area contributed by atoms with E-state index in [1.807, 2.05) is 19.1 Å². The topological polar surface area (TPSA) is 79.4 Å². The van der Waals surface area contributed by atoms with Crippen molar-refractivity contribution in [2.24, 2.45) is 5.73 Å². The Hall–Kier alpha value is -2.06. The number of carbonyl (C=O) groups excluding carboxylic acids is 1. The van der Waals surface area contributed by atoms with Gasteiger partial charge in [0.15, 0.2) is 0 Å². The lowest BCUT2D eigenvalue weighted by Crippen LogP contribution is -2.26. The second kappa shape index (κ2) is 4.50. The van der Waals surface area contributed by atoms with E-state index in [2.05, 4.69) is 6.07 Å². The summed E-state index contributed by atoms with van der Waals surface area (Å²) in [5.74, 6) is 0. The summed E-state index contributed by atoms with van der Waals surface area (Å²) in [5, 5.41) is 9.36. The van der Waals surface area contributed by atoms with Gasteiger partial charge in [-0.3, -0.25) is 4.90 Å². The second-order valence-electron chi connectivity index (χ2n) is 5.40. The molecule has 1 aliphatic carbocycles. The van der Waals surface area contributed by atoms with Crippen LogP contribution in [0.5, 0.6) is 0 Å². The number of amides is 1. The van der Waals surface area contributed by atoms with E-state index < -0.39 is 0 Å². The number of nitriles is 1. The van der Waals surface area contributed by atoms with Gasteiger partial charge in [-0.25, -0.2) is 4.79 Å². The fourth-order valence-electron chi connectivity index (χ4n) is 2.95. The zero-order valence-electron chi connectivity index (χ0n) is 11.5. The first kappa shape index (κ1) is 12.9. The van der Waals surface area contributed by atoms with E-state index in [0.29, 0.717) is 19.7 Å². The van der Waals surface area contributed by atoms with Gasteiger partial charge in [-0.2, -0.15) is 5.26 Å².